The molecule has 1 atom stereocenters. The molecule has 0 saturated carbocycles. The Morgan fingerprint density at radius 2 is 1.59 bits per heavy atom. The predicted molar refractivity (Wildman–Crippen MR) is 162 cm³/mol. The Kier molecular flexibility index (Phi) is 10.1. The number of hydrogen-bond acceptors (Lipinski definition) is 7. The normalized spacial score (nSPS) is 13.0. The molecule has 0 aliphatic rings. The summed E-state index contributed by atoms with van der Waals surface area (Å²) in [5.74, 6) is -0.0964. The van der Waals surface area contributed by atoms with Crippen LogP contribution >= 0.6 is 0 Å². The third-order valence-corrected chi connectivity index (χ3v) is 7.44. The Morgan fingerprint density at radius 1 is 0.927 bits per heavy atom. The van der Waals surface area contributed by atoms with E-state index in [0.717, 1.165) is 22.9 Å². The average Bonchev–Trinajstić information content (AvgIpc) is 2.87. The first-order valence-corrected chi connectivity index (χ1v) is 15.3. The van der Waals surface area contributed by atoms with E-state index in [1.807, 2.05) is 64.1 Å². The molecule has 41 heavy (non-hydrogen) atoms. The minimum Gasteiger partial charge on any atom is -0.508 e. The number of amides is 1. The molecule has 0 bridgehead atoms. The van der Waals surface area contributed by atoms with Gasteiger partial charge in [-0.1, -0.05) is 56.3 Å². The second kappa shape index (κ2) is 12.9. The summed E-state index contributed by atoms with van der Waals surface area (Å²) >= 11 is 0. The molecule has 0 unspecified atom stereocenters. The number of aliphatic hydroxyl groups excluding tert-OH is 1. The molecule has 3 aromatic carbocycles. The van der Waals surface area contributed by atoms with E-state index >= 15 is 0 Å². The Balaban J connectivity index is 1.55. The van der Waals surface area contributed by atoms with Crippen LogP contribution in [0.4, 0.5) is 5.69 Å². The van der Waals surface area contributed by atoms with Gasteiger partial charge in [-0.3, -0.25) is 9.52 Å². The summed E-state index contributed by atoms with van der Waals surface area (Å²) in [6.07, 6.45) is 0.938. The Morgan fingerprint density at radius 3 is 2.24 bits per heavy atom. The van der Waals surface area contributed by atoms with Gasteiger partial charge < -0.3 is 26.0 Å². The zero-order chi connectivity index (χ0) is 30.4. The van der Waals surface area contributed by atoms with E-state index in [1.54, 1.807) is 18.2 Å². The molecule has 3 rings (SSSR count). The van der Waals surface area contributed by atoms with Crippen molar-refractivity contribution in [1.29, 1.82) is 0 Å². The number of phenols is 2. The lowest BCUT2D eigenvalue weighted by Crippen LogP contribution is -2.43. The van der Waals surface area contributed by atoms with E-state index in [-0.39, 0.29) is 41.5 Å². The van der Waals surface area contributed by atoms with Gasteiger partial charge in [0.05, 0.1) is 24.5 Å². The van der Waals surface area contributed by atoms with Gasteiger partial charge in [-0.15, -0.1) is 0 Å². The lowest BCUT2D eigenvalue weighted by atomic mass is 9.84. The quantitative estimate of drug-likeness (QED) is 0.168. The molecule has 0 spiro atoms. The van der Waals surface area contributed by atoms with E-state index in [0.29, 0.717) is 18.5 Å². The van der Waals surface area contributed by atoms with Crippen molar-refractivity contribution < 1.29 is 28.5 Å². The lowest BCUT2D eigenvalue weighted by molar-refractivity contribution is -0.120. The zero-order valence-corrected chi connectivity index (χ0v) is 25.0. The summed E-state index contributed by atoms with van der Waals surface area (Å²) in [4.78, 5) is 12.7. The average molecular weight is 584 g/mol. The van der Waals surface area contributed by atoms with E-state index < -0.39 is 21.7 Å². The number of benzene rings is 3. The highest BCUT2D eigenvalue weighted by Crippen LogP contribution is 2.28. The molecule has 0 aliphatic carbocycles. The van der Waals surface area contributed by atoms with E-state index in [1.165, 1.54) is 12.1 Å². The summed E-state index contributed by atoms with van der Waals surface area (Å²) in [5, 5.41) is 36.6. The number of anilines is 1. The maximum absolute atomic E-state index is 12.7. The molecule has 10 heteroatoms. The summed E-state index contributed by atoms with van der Waals surface area (Å²) in [5.41, 5.74) is 2.73. The second-order valence-electron chi connectivity index (χ2n) is 11.8. The SMILES string of the molecule is CC(C)(Cc1cccc(CC(=O)NCC(C)(C)c2ccc(O)cc2)c1)NC[C@H](O)c1ccc(O)c(NS(C)(=O)=O)c1. The summed E-state index contributed by atoms with van der Waals surface area (Å²) in [6, 6.07) is 19.2. The molecule has 0 radical (unpaired) electrons. The van der Waals surface area contributed by atoms with Gasteiger partial charge in [0.2, 0.25) is 15.9 Å². The first kappa shape index (κ1) is 31.9. The molecule has 222 valence electrons. The number of aliphatic hydroxyl groups is 1. The summed E-state index contributed by atoms with van der Waals surface area (Å²) in [7, 11) is -3.59. The molecule has 0 heterocycles. The van der Waals surface area contributed by atoms with Crippen molar-refractivity contribution in [3.05, 3.63) is 89.0 Å². The predicted octanol–water partition coefficient (Wildman–Crippen LogP) is 3.75. The maximum Gasteiger partial charge on any atom is 0.229 e. The first-order chi connectivity index (χ1) is 19.0. The molecule has 1 amide bonds. The highest BCUT2D eigenvalue weighted by atomic mass is 32.2. The molecule has 0 fully saturated rings. The van der Waals surface area contributed by atoms with Crippen LogP contribution in [0.15, 0.2) is 66.7 Å². The molecule has 9 nitrogen and oxygen atoms in total. The first-order valence-electron chi connectivity index (χ1n) is 13.4. The van der Waals surface area contributed by atoms with Crippen LogP contribution in [0.25, 0.3) is 0 Å². The van der Waals surface area contributed by atoms with Crippen LogP contribution in [0.2, 0.25) is 0 Å². The second-order valence-corrected chi connectivity index (χ2v) is 13.6. The molecule has 3 aromatic rings. The zero-order valence-electron chi connectivity index (χ0n) is 24.2. The van der Waals surface area contributed by atoms with Crippen molar-refractivity contribution in [2.75, 3.05) is 24.1 Å². The van der Waals surface area contributed by atoms with Crippen LogP contribution < -0.4 is 15.4 Å². The van der Waals surface area contributed by atoms with Crippen molar-refractivity contribution in [3.63, 3.8) is 0 Å². The van der Waals surface area contributed by atoms with Crippen LogP contribution in [0.3, 0.4) is 0 Å². The van der Waals surface area contributed by atoms with Crippen molar-refractivity contribution in [2.45, 2.75) is 57.6 Å². The van der Waals surface area contributed by atoms with Crippen molar-refractivity contribution in [3.8, 4) is 11.5 Å². The molecular weight excluding hydrogens is 542 g/mol. The van der Waals surface area contributed by atoms with E-state index in [4.69, 9.17) is 0 Å². The van der Waals surface area contributed by atoms with Crippen LogP contribution in [0, 0.1) is 0 Å². The molecule has 0 saturated heterocycles. The standard InChI is InChI=1S/C31H41N3O6S/c1-30(2,24-10-12-25(35)13-11-24)20-32-29(38)16-21-7-6-8-22(15-21)18-31(3,4)33-19-28(37)23-9-14-27(36)26(17-23)34-41(5,39)40/h6-15,17,28,33-37H,16,18-20H2,1-5H3,(H,32,38)/t28-/m0/s1. The molecular formula is C31H41N3O6S. The lowest BCUT2D eigenvalue weighted by Gasteiger charge is -2.28. The van der Waals surface area contributed by atoms with Gasteiger partial charge in [0.1, 0.15) is 11.5 Å². The van der Waals surface area contributed by atoms with Gasteiger partial charge in [0.25, 0.3) is 0 Å². The Labute approximate surface area is 242 Å². The van der Waals surface area contributed by atoms with E-state index in [2.05, 4.69) is 15.4 Å². The van der Waals surface area contributed by atoms with Crippen molar-refractivity contribution in [1.82, 2.24) is 10.6 Å². The minimum absolute atomic E-state index is 0.00748. The number of aromatic hydroxyl groups is 2. The smallest absolute Gasteiger partial charge is 0.229 e. The number of phenolic OH excluding ortho intramolecular Hbond substituents is 2. The highest BCUT2D eigenvalue weighted by molar-refractivity contribution is 7.92. The van der Waals surface area contributed by atoms with Crippen LogP contribution in [-0.4, -0.2) is 54.5 Å². The van der Waals surface area contributed by atoms with Crippen LogP contribution in [-0.2, 0) is 33.1 Å². The Bertz CT molecular complexity index is 1450. The molecule has 6 N–H and O–H groups in total. The highest BCUT2D eigenvalue weighted by Gasteiger charge is 2.23. The van der Waals surface area contributed by atoms with Crippen molar-refractivity contribution >= 4 is 21.6 Å². The number of nitrogens with one attached hydrogen (secondary N) is 3. The topological polar surface area (TPSA) is 148 Å². The summed E-state index contributed by atoms with van der Waals surface area (Å²) in [6.45, 7) is 8.77. The minimum atomic E-state index is -3.59. The van der Waals surface area contributed by atoms with Gasteiger partial charge in [0.15, 0.2) is 0 Å². The number of sulfonamides is 1. The van der Waals surface area contributed by atoms with Gasteiger partial charge in [0, 0.05) is 24.0 Å². The third kappa shape index (κ3) is 10.1. The van der Waals surface area contributed by atoms with E-state index in [9.17, 15) is 28.5 Å². The van der Waals surface area contributed by atoms with Gasteiger partial charge in [-0.05, 0) is 66.8 Å². The van der Waals surface area contributed by atoms with Crippen LogP contribution in [0.5, 0.6) is 11.5 Å². The van der Waals surface area contributed by atoms with Gasteiger partial charge >= 0.3 is 0 Å². The number of rotatable bonds is 13. The summed E-state index contributed by atoms with van der Waals surface area (Å²) < 4.78 is 25.4. The fourth-order valence-corrected chi connectivity index (χ4v) is 5.10. The monoisotopic (exact) mass is 583 g/mol. The molecule has 0 aromatic heterocycles. The fraction of sp³-hybridized carbons (Fsp3) is 0.387. The largest absolute Gasteiger partial charge is 0.508 e. The number of hydrogen-bond donors (Lipinski definition) is 6. The van der Waals surface area contributed by atoms with Gasteiger partial charge in [-0.25, -0.2) is 8.42 Å². The van der Waals surface area contributed by atoms with Gasteiger partial charge in [-0.2, -0.15) is 0 Å². The maximum atomic E-state index is 12.7. The molecule has 0 aliphatic heterocycles. The fourth-order valence-electron chi connectivity index (χ4n) is 4.54. The number of carbonyl (C=O) groups excluding carboxylic acids is 1. The Hall–Kier alpha value is -3.60. The third-order valence-electron chi connectivity index (χ3n) is 6.85. The van der Waals surface area contributed by atoms with Crippen molar-refractivity contribution in [2.24, 2.45) is 0 Å². The number of β-amino-alcohol motifs (C(OH)–C–C–N with tert-alkyl or cyclic N) is 1. The van der Waals surface area contributed by atoms with Crippen LogP contribution in [0.1, 0.15) is 56.1 Å². The number of carbonyl (C=O) groups is 1.